The van der Waals surface area contributed by atoms with Gasteiger partial charge in [-0.15, -0.1) is 0 Å². The molecule has 2 heterocycles. The van der Waals surface area contributed by atoms with Crippen molar-refractivity contribution in [2.75, 3.05) is 31.6 Å². The van der Waals surface area contributed by atoms with Gasteiger partial charge in [-0.25, -0.2) is 9.97 Å². The van der Waals surface area contributed by atoms with E-state index in [2.05, 4.69) is 34.0 Å². The van der Waals surface area contributed by atoms with E-state index < -0.39 is 0 Å². The molecular weight excluding hydrogens is 252 g/mol. The van der Waals surface area contributed by atoms with Crippen molar-refractivity contribution in [1.82, 2.24) is 15.3 Å². The van der Waals surface area contributed by atoms with E-state index >= 15 is 0 Å². The summed E-state index contributed by atoms with van der Waals surface area (Å²) in [6.07, 6.45) is 4.15. The predicted molar refractivity (Wildman–Crippen MR) is 81.4 cm³/mol. The van der Waals surface area contributed by atoms with E-state index in [0.29, 0.717) is 17.8 Å². The molecule has 0 aliphatic carbocycles. The molecule has 1 atom stereocenters. The highest BCUT2D eigenvalue weighted by molar-refractivity contribution is 5.50. The van der Waals surface area contributed by atoms with E-state index in [1.807, 2.05) is 6.92 Å². The Hall–Kier alpha value is -1.36. The molecule has 1 saturated heterocycles. The minimum Gasteiger partial charge on any atom is -0.481 e. The molecule has 5 nitrogen and oxygen atoms in total. The van der Waals surface area contributed by atoms with Crippen LogP contribution in [0.2, 0.25) is 0 Å². The van der Waals surface area contributed by atoms with Gasteiger partial charge < -0.3 is 15.0 Å². The normalized spacial score (nSPS) is 19.1. The number of anilines is 1. The Bertz CT molecular complexity index is 430. The van der Waals surface area contributed by atoms with Crippen molar-refractivity contribution in [1.29, 1.82) is 0 Å². The number of nitrogens with one attached hydrogen (secondary N) is 1. The third kappa shape index (κ3) is 3.39. The molecule has 5 heteroatoms. The number of rotatable bonds is 5. The van der Waals surface area contributed by atoms with Crippen LogP contribution in [0.3, 0.4) is 0 Å². The van der Waals surface area contributed by atoms with Crippen molar-refractivity contribution in [2.45, 2.75) is 39.7 Å². The van der Waals surface area contributed by atoms with Crippen LogP contribution in [0.15, 0.2) is 6.33 Å². The first-order valence-corrected chi connectivity index (χ1v) is 7.46. The van der Waals surface area contributed by atoms with Crippen LogP contribution in [0.1, 0.15) is 32.3 Å². The summed E-state index contributed by atoms with van der Waals surface area (Å²) in [7, 11) is 1.66. The molecule has 1 aliphatic rings. The van der Waals surface area contributed by atoms with Gasteiger partial charge in [0.05, 0.1) is 12.7 Å². The monoisotopic (exact) mass is 278 g/mol. The fraction of sp³-hybridized carbons (Fsp3) is 0.733. The highest BCUT2D eigenvalue weighted by atomic mass is 16.5. The fourth-order valence-corrected chi connectivity index (χ4v) is 2.82. The lowest BCUT2D eigenvalue weighted by Crippen LogP contribution is -2.42. The molecule has 112 valence electrons. The Morgan fingerprint density at radius 1 is 1.45 bits per heavy atom. The number of hydrogen-bond acceptors (Lipinski definition) is 5. The van der Waals surface area contributed by atoms with Crippen molar-refractivity contribution in [3.63, 3.8) is 0 Å². The van der Waals surface area contributed by atoms with E-state index in [0.717, 1.165) is 31.0 Å². The van der Waals surface area contributed by atoms with Gasteiger partial charge in [-0.2, -0.15) is 0 Å². The highest BCUT2D eigenvalue weighted by Crippen LogP contribution is 2.26. The molecule has 0 saturated carbocycles. The third-order valence-corrected chi connectivity index (χ3v) is 3.95. The van der Waals surface area contributed by atoms with Gasteiger partial charge in [-0.05, 0) is 52.6 Å². The molecule has 0 aromatic carbocycles. The predicted octanol–water partition coefficient (Wildman–Crippen LogP) is 2.01. The molecule has 0 bridgehead atoms. The average Bonchev–Trinajstić information content (AvgIpc) is 2.46. The second-order valence-corrected chi connectivity index (χ2v) is 5.79. The molecule has 1 N–H and O–H groups in total. The van der Waals surface area contributed by atoms with Crippen LogP contribution in [-0.4, -0.2) is 42.8 Å². The van der Waals surface area contributed by atoms with Gasteiger partial charge in [0, 0.05) is 12.6 Å². The van der Waals surface area contributed by atoms with E-state index in [9.17, 15) is 0 Å². The van der Waals surface area contributed by atoms with Gasteiger partial charge in [0.2, 0.25) is 5.88 Å². The molecule has 20 heavy (non-hydrogen) atoms. The second kappa shape index (κ2) is 6.88. The van der Waals surface area contributed by atoms with Crippen LogP contribution in [0.4, 0.5) is 5.82 Å². The van der Waals surface area contributed by atoms with Crippen LogP contribution >= 0.6 is 0 Å². The lowest BCUT2D eigenvalue weighted by molar-refractivity contribution is 0.368. The topological polar surface area (TPSA) is 50.3 Å². The van der Waals surface area contributed by atoms with E-state index in [-0.39, 0.29) is 0 Å². The average molecular weight is 278 g/mol. The Balaban J connectivity index is 2.19. The molecule has 1 aromatic heterocycles. The largest absolute Gasteiger partial charge is 0.481 e. The number of aromatic nitrogens is 2. The Labute approximate surface area is 121 Å². The number of hydrogen-bond donors (Lipinski definition) is 1. The SMILES string of the molecule is COc1ncnc(N(CC2CCCNC2)C(C)C)c1C. The third-order valence-electron chi connectivity index (χ3n) is 3.95. The number of piperidine rings is 1. The summed E-state index contributed by atoms with van der Waals surface area (Å²) in [4.78, 5) is 11.0. The summed E-state index contributed by atoms with van der Waals surface area (Å²) in [5.41, 5.74) is 1.02. The Morgan fingerprint density at radius 3 is 2.85 bits per heavy atom. The Morgan fingerprint density at radius 2 is 2.25 bits per heavy atom. The molecule has 0 spiro atoms. The molecule has 1 fully saturated rings. The summed E-state index contributed by atoms with van der Waals surface area (Å²) < 4.78 is 5.32. The number of nitrogens with zero attached hydrogens (tertiary/aromatic N) is 3. The van der Waals surface area contributed by atoms with Crippen molar-refractivity contribution < 1.29 is 4.74 Å². The fourth-order valence-electron chi connectivity index (χ4n) is 2.82. The quantitative estimate of drug-likeness (QED) is 0.893. The number of ether oxygens (including phenoxy) is 1. The summed E-state index contributed by atoms with van der Waals surface area (Å²) in [6, 6.07) is 0.412. The maximum atomic E-state index is 5.32. The standard InChI is InChI=1S/C15H26N4O/c1-11(2)19(9-13-6-5-7-16-8-13)14-12(3)15(20-4)18-10-17-14/h10-11,13,16H,5-9H2,1-4H3. The van der Waals surface area contributed by atoms with Crippen LogP contribution in [0.25, 0.3) is 0 Å². The van der Waals surface area contributed by atoms with Gasteiger partial charge in [-0.1, -0.05) is 0 Å². The van der Waals surface area contributed by atoms with Gasteiger partial charge in [0.25, 0.3) is 0 Å². The molecule has 0 amide bonds. The zero-order valence-corrected chi connectivity index (χ0v) is 13.0. The van der Waals surface area contributed by atoms with Gasteiger partial charge in [0.1, 0.15) is 12.1 Å². The van der Waals surface area contributed by atoms with Gasteiger partial charge in [-0.3, -0.25) is 0 Å². The van der Waals surface area contributed by atoms with Crippen LogP contribution in [0, 0.1) is 12.8 Å². The number of methoxy groups -OCH3 is 1. The van der Waals surface area contributed by atoms with Crippen LogP contribution in [-0.2, 0) is 0 Å². The van der Waals surface area contributed by atoms with Crippen molar-refractivity contribution in [3.05, 3.63) is 11.9 Å². The van der Waals surface area contributed by atoms with Gasteiger partial charge in [0.15, 0.2) is 0 Å². The van der Waals surface area contributed by atoms with E-state index in [1.165, 1.54) is 12.8 Å². The molecular formula is C15H26N4O. The van der Waals surface area contributed by atoms with Crippen molar-refractivity contribution >= 4 is 5.82 Å². The summed E-state index contributed by atoms with van der Waals surface area (Å²) in [6.45, 7) is 9.74. The summed E-state index contributed by atoms with van der Waals surface area (Å²) in [5.74, 6) is 2.35. The minimum atomic E-state index is 0.412. The first kappa shape index (κ1) is 15.0. The van der Waals surface area contributed by atoms with Crippen LogP contribution < -0.4 is 15.0 Å². The van der Waals surface area contributed by atoms with E-state index in [1.54, 1.807) is 13.4 Å². The lowest BCUT2D eigenvalue weighted by Gasteiger charge is -2.34. The molecule has 1 aromatic rings. The lowest BCUT2D eigenvalue weighted by atomic mass is 9.98. The second-order valence-electron chi connectivity index (χ2n) is 5.79. The van der Waals surface area contributed by atoms with Crippen LogP contribution in [0.5, 0.6) is 5.88 Å². The Kier molecular flexibility index (Phi) is 5.17. The maximum absolute atomic E-state index is 5.32. The first-order chi connectivity index (χ1) is 9.63. The van der Waals surface area contributed by atoms with Crippen molar-refractivity contribution in [2.24, 2.45) is 5.92 Å². The summed E-state index contributed by atoms with van der Waals surface area (Å²) >= 11 is 0. The first-order valence-electron chi connectivity index (χ1n) is 7.46. The zero-order chi connectivity index (χ0) is 14.5. The molecule has 2 rings (SSSR count). The zero-order valence-electron chi connectivity index (χ0n) is 13.0. The molecule has 1 aliphatic heterocycles. The summed E-state index contributed by atoms with van der Waals surface area (Å²) in [5, 5.41) is 3.48. The highest BCUT2D eigenvalue weighted by Gasteiger charge is 2.22. The van der Waals surface area contributed by atoms with Crippen molar-refractivity contribution in [3.8, 4) is 5.88 Å². The molecule has 0 radical (unpaired) electrons. The van der Waals surface area contributed by atoms with Gasteiger partial charge >= 0.3 is 0 Å². The smallest absolute Gasteiger partial charge is 0.221 e. The maximum Gasteiger partial charge on any atom is 0.221 e. The van der Waals surface area contributed by atoms with E-state index in [4.69, 9.17) is 4.74 Å². The molecule has 1 unspecified atom stereocenters. The minimum absolute atomic E-state index is 0.412.